The van der Waals surface area contributed by atoms with Gasteiger partial charge >= 0.3 is 5.97 Å². The Morgan fingerprint density at radius 1 is 1.18 bits per heavy atom. The molecule has 0 amide bonds. The highest BCUT2D eigenvalue weighted by molar-refractivity contribution is 5.79. The molecule has 2 aromatic rings. The van der Waals surface area contributed by atoms with Gasteiger partial charge in [0.1, 0.15) is 12.4 Å². The van der Waals surface area contributed by atoms with Crippen molar-refractivity contribution in [1.82, 2.24) is 0 Å². The first kappa shape index (κ1) is 15.6. The summed E-state index contributed by atoms with van der Waals surface area (Å²) in [6, 6.07) is 16.7. The average molecular weight is 299 g/mol. The zero-order chi connectivity index (χ0) is 15.8. The fraction of sp³-hybridized carbons (Fsp3) is 0.176. The highest BCUT2D eigenvalue weighted by Gasteiger charge is 2.11. The van der Waals surface area contributed by atoms with Crippen LogP contribution in [0.3, 0.4) is 0 Å². The Morgan fingerprint density at radius 2 is 1.86 bits per heavy atom. The number of carboxylic acid groups (broad SMARTS) is 1. The van der Waals surface area contributed by atoms with Crippen molar-refractivity contribution in [3.8, 4) is 5.75 Å². The Morgan fingerprint density at radius 3 is 2.50 bits per heavy atom. The number of carboxylic acids is 1. The first-order chi connectivity index (χ1) is 10.6. The van der Waals surface area contributed by atoms with Gasteiger partial charge in [-0.15, -0.1) is 0 Å². The van der Waals surface area contributed by atoms with Gasteiger partial charge in [-0.3, -0.25) is 0 Å². The highest BCUT2D eigenvalue weighted by Crippen LogP contribution is 2.13. The number of carbonyl (C=O) groups is 1. The molecule has 0 aliphatic rings. The number of rotatable bonds is 7. The maximum absolute atomic E-state index is 10.7. The molecule has 1 N–H and O–H groups in total. The van der Waals surface area contributed by atoms with Crippen molar-refractivity contribution in [2.45, 2.75) is 19.6 Å². The van der Waals surface area contributed by atoms with E-state index in [1.807, 2.05) is 30.3 Å². The topological polar surface area (TPSA) is 68.1 Å². The van der Waals surface area contributed by atoms with Crippen LogP contribution in [0, 0.1) is 0 Å². The van der Waals surface area contributed by atoms with Gasteiger partial charge in [-0.1, -0.05) is 35.5 Å². The Hall–Kier alpha value is -2.82. The predicted octanol–water partition coefficient (Wildman–Crippen LogP) is 3.09. The number of oxime groups is 1. The fourth-order valence-corrected chi connectivity index (χ4v) is 1.67. The molecular formula is C17H17NO4. The van der Waals surface area contributed by atoms with Crippen LogP contribution in [0.1, 0.15) is 18.1 Å². The second-order valence-electron chi connectivity index (χ2n) is 4.66. The number of nitrogens with zero attached hydrogens (tertiary/aromatic N) is 1. The smallest absolute Gasteiger partial charge is 0.344 e. The normalized spacial score (nSPS) is 12.0. The summed E-state index contributed by atoms with van der Waals surface area (Å²) < 4.78 is 5.24. The van der Waals surface area contributed by atoms with E-state index >= 15 is 0 Å². The quantitative estimate of drug-likeness (QED) is 0.630. The maximum Gasteiger partial charge on any atom is 0.344 e. The first-order valence-corrected chi connectivity index (χ1v) is 6.84. The number of hydrogen-bond donors (Lipinski definition) is 1. The standard InChI is InChI=1S/C17H17NO4/c1-13(17(19)20)22-16-9-7-14(8-10-16)11-18-21-12-15-5-3-2-4-6-15/h2-11,13H,12H2,1H3,(H,19,20)/b18-11+/t13-/m0/s1. The van der Waals surface area contributed by atoms with E-state index in [9.17, 15) is 4.79 Å². The molecule has 0 radical (unpaired) electrons. The van der Waals surface area contributed by atoms with Crippen molar-refractivity contribution in [2.24, 2.45) is 5.16 Å². The van der Waals surface area contributed by atoms with Gasteiger partial charge in [0.2, 0.25) is 0 Å². The van der Waals surface area contributed by atoms with Crippen LogP contribution in [-0.2, 0) is 16.2 Å². The minimum Gasteiger partial charge on any atom is -0.479 e. The second kappa shape index (κ2) is 7.83. The van der Waals surface area contributed by atoms with Crippen LogP contribution < -0.4 is 4.74 Å². The molecule has 0 bridgehead atoms. The molecule has 0 saturated carbocycles. The Bertz CT molecular complexity index is 623. The summed E-state index contributed by atoms with van der Waals surface area (Å²) in [5.41, 5.74) is 1.88. The summed E-state index contributed by atoms with van der Waals surface area (Å²) in [7, 11) is 0. The van der Waals surface area contributed by atoms with Crippen LogP contribution in [-0.4, -0.2) is 23.4 Å². The molecule has 1 atom stereocenters. The molecule has 0 aliphatic carbocycles. The molecule has 0 heterocycles. The lowest BCUT2D eigenvalue weighted by molar-refractivity contribution is -0.144. The van der Waals surface area contributed by atoms with E-state index in [-0.39, 0.29) is 0 Å². The zero-order valence-corrected chi connectivity index (χ0v) is 12.2. The summed E-state index contributed by atoms with van der Waals surface area (Å²) in [5.74, 6) is -0.503. The fourth-order valence-electron chi connectivity index (χ4n) is 1.67. The second-order valence-corrected chi connectivity index (χ2v) is 4.66. The molecule has 22 heavy (non-hydrogen) atoms. The third-order valence-electron chi connectivity index (χ3n) is 2.89. The van der Waals surface area contributed by atoms with Crippen molar-refractivity contribution in [2.75, 3.05) is 0 Å². The summed E-state index contributed by atoms with van der Waals surface area (Å²) in [6.07, 6.45) is 0.710. The van der Waals surface area contributed by atoms with Crippen molar-refractivity contribution in [3.63, 3.8) is 0 Å². The van der Waals surface area contributed by atoms with E-state index in [2.05, 4.69) is 5.16 Å². The van der Waals surface area contributed by atoms with Gasteiger partial charge in [0.15, 0.2) is 6.10 Å². The summed E-state index contributed by atoms with van der Waals surface area (Å²) in [5, 5.41) is 12.7. The third kappa shape index (κ3) is 4.94. The van der Waals surface area contributed by atoms with Gasteiger partial charge in [0, 0.05) is 0 Å². The molecule has 0 fully saturated rings. The molecule has 0 aliphatic heterocycles. The van der Waals surface area contributed by atoms with Crippen molar-refractivity contribution in [1.29, 1.82) is 0 Å². The Kier molecular flexibility index (Phi) is 5.54. The summed E-state index contributed by atoms with van der Waals surface area (Å²) in [4.78, 5) is 15.9. The van der Waals surface area contributed by atoms with Crippen LogP contribution >= 0.6 is 0 Å². The SMILES string of the molecule is C[C@H](Oc1ccc(/C=N/OCc2ccccc2)cc1)C(=O)O. The average Bonchev–Trinajstić information content (AvgIpc) is 2.54. The van der Waals surface area contributed by atoms with Crippen LogP contribution in [0.25, 0.3) is 0 Å². The largest absolute Gasteiger partial charge is 0.479 e. The number of aliphatic carboxylic acids is 1. The molecule has 2 aromatic carbocycles. The predicted molar refractivity (Wildman–Crippen MR) is 83.0 cm³/mol. The molecule has 114 valence electrons. The summed E-state index contributed by atoms with van der Waals surface area (Å²) in [6.45, 7) is 1.89. The number of hydrogen-bond acceptors (Lipinski definition) is 4. The van der Waals surface area contributed by atoms with Crippen molar-refractivity contribution in [3.05, 3.63) is 65.7 Å². The highest BCUT2D eigenvalue weighted by atomic mass is 16.6. The monoisotopic (exact) mass is 299 g/mol. The first-order valence-electron chi connectivity index (χ1n) is 6.84. The Labute approximate surface area is 128 Å². The van der Waals surface area contributed by atoms with Gasteiger partial charge in [0.05, 0.1) is 6.21 Å². The zero-order valence-electron chi connectivity index (χ0n) is 12.2. The molecule has 5 nitrogen and oxygen atoms in total. The minimum absolute atomic E-state index is 0.411. The lowest BCUT2D eigenvalue weighted by Crippen LogP contribution is -2.22. The van der Waals surface area contributed by atoms with E-state index in [0.29, 0.717) is 12.4 Å². The lowest BCUT2D eigenvalue weighted by atomic mass is 10.2. The third-order valence-corrected chi connectivity index (χ3v) is 2.89. The van der Waals surface area contributed by atoms with Crippen LogP contribution in [0.15, 0.2) is 59.8 Å². The molecule has 2 rings (SSSR count). The van der Waals surface area contributed by atoms with Gasteiger partial charge < -0.3 is 14.7 Å². The van der Waals surface area contributed by atoms with Crippen molar-refractivity contribution < 1.29 is 19.5 Å². The molecule has 0 aromatic heterocycles. The van der Waals surface area contributed by atoms with Crippen molar-refractivity contribution >= 4 is 12.2 Å². The lowest BCUT2D eigenvalue weighted by Gasteiger charge is -2.09. The molecular weight excluding hydrogens is 282 g/mol. The number of ether oxygens (including phenoxy) is 1. The van der Waals surface area contributed by atoms with E-state index in [1.165, 1.54) is 6.92 Å². The molecule has 0 unspecified atom stereocenters. The van der Waals surface area contributed by atoms with Gasteiger partial charge in [-0.2, -0.15) is 0 Å². The van der Waals surface area contributed by atoms with E-state index < -0.39 is 12.1 Å². The van der Waals surface area contributed by atoms with Gasteiger partial charge in [0.25, 0.3) is 0 Å². The minimum atomic E-state index is -1.00. The van der Waals surface area contributed by atoms with Crippen LogP contribution in [0.2, 0.25) is 0 Å². The van der Waals surface area contributed by atoms with E-state index in [4.69, 9.17) is 14.7 Å². The van der Waals surface area contributed by atoms with E-state index in [1.54, 1.807) is 30.5 Å². The van der Waals surface area contributed by atoms with E-state index in [0.717, 1.165) is 11.1 Å². The molecule has 0 spiro atoms. The van der Waals surface area contributed by atoms with Gasteiger partial charge in [-0.05, 0) is 42.3 Å². The van der Waals surface area contributed by atoms with Gasteiger partial charge in [-0.25, -0.2) is 4.79 Å². The molecule has 5 heteroatoms. The number of benzene rings is 2. The van der Waals surface area contributed by atoms with Crippen LogP contribution in [0.4, 0.5) is 0 Å². The maximum atomic E-state index is 10.7. The Balaban J connectivity index is 1.83. The summed E-state index contributed by atoms with van der Waals surface area (Å²) >= 11 is 0. The molecule has 0 saturated heterocycles. The van der Waals surface area contributed by atoms with Crippen LogP contribution in [0.5, 0.6) is 5.75 Å².